The largest absolute Gasteiger partial charge is 0.481 e. The highest BCUT2D eigenvalue weighted by Gasteiger charge is 2.41. The molecule has 3 atom stereocenters. The number of carboxylic acid groups (broad SMARTS) is 1. The topological polar surface area (TPSA) is 66.4 Å². The zero-order valence-electron chi connectivity index (χ0n) is 13.3. The van der Waals surface area contributed by atoms with Crippen LogP contribution in [0.1, 0.15) is 58.8 Å². The van der Waals surface area contributed by atoms with Gasteiger partial charge in [-0.15, -0.1) is 0 Å². The van der Waals surface area contributed by atoms with Gasteiger partial charge in [-0.3, -0.25) is 9.59 Å². The van der Waals surface area contributed by atoms with Crippen LogP contribution in [0.5, 0.6) is 0 Å². The number of carbonyl (C=O) groups excluding carboxylic acids is 1. The molecule has 1 amide bonds. The van der Waals surface area contributed by atoms with E-state index >= 15 is 0 Å². The maximum atomic E-state index is 12.2. The van der Waals surface area contributed by atoms with Crippen molar-refractivity contribution in [3.05, 3.63) is 0 Å². The number of hydrogen-bond acceptors (Lipinski definition) is 2. The Kier molecular flexibility index (Phi) is 5.65. The van der Waals surface area contributed by atoms with E-state index in [1.54, 1.807) is 0 Å². The third-order valence-corrected chi connectivity index (χ3v) is 5.44. The fourth-order valence-corrected chi connectivity index (χ4v) is 4.00. The number of carbonyl (C=O) groups is 2. The maximum Gasteiger partial charge on any atom is 0.307 e. The van der Waals surface area contributed by atoms with Gasteiger partial charge in [0.2, 0.25) is 5.91 Å². The van der Waals surface area contributed by atoms with Gasteiger partial charge in [0.15, 0.2) is 0 Å². The third-order valence-electron chi connectivity index (χ3n) is 5.44. The fraction of sp³-hybridized carbons (Fsp3) is 0.882. The van der Waals surface area contributed by atoms with Crippen LogP contribution in [0, 0.1) is 29.6 Å². The molecule has 1 unspecified atom stereocenters. The highest BCUT2D eigenvalue weighted by Crippen LogP contribution is 2.36. The van der Waals surface area contributed by atoms with E-state index in [4.69, 9.17) is 0 Å². The average molecular weight is 295 g/mol. The molecular formula is C17H29NO3. The molecule has 120 valence electrons. The average Bonchev–Trinajstić information content (AvgIpc) is 2.83. The van der Waals surface area contributed by atoms with Gasteiger partial charge in [-0.25, -0.2) is 0 Å². The van der Waals surface area contributed by atoms with Crippen LogP contribution in [-0.4, -0.2) is 23.5 Å². The third kappa shape index (κ3) is 4.45. The van der Waals surface area contributed by atoms with Gasteiger partial charge in [-0.2, -0.15) is 0 Å². The first-order valence-corrected chi connectivity index (χ1v) is 8.48. The smallest absolute Gasteiger partial charge is 0.307 e. The molecule has 4 heteroatoms. The van der Waals surface area contributed by atoms with Crippen molar-refractivity contribution in [1.82, 2.24) is 5.32 Å². The number of nitrogens with one attached hydrogen (secondary N) is 1. The number of amides is 1. The molecule has 2 fully saturated rings. The SMILES string of the molecule is CC1CCC(CCNC(=O)[C@H]2CC(C)C[C@H]2C(=O)O)CC1. The Morgan fingerprint density at radius 3 is 2.24 bits per heavy atom. The summed E-state index contributed by atoms with van der Waals surface area (Å²) in [6, 6.07) is 0. The van der Waals surface area contributed by atoms with Gasteiger partial charge in [-0.1, -0.05) is 39.5 Å². The Hall–Kier alpha value is -1.06. The molecule has 2 aliphatic carbocycles. The molecule has 21 heavy (non-hydrogen) atoms. The predicted octanol–water partition coefficient (Wildman–Crippen LogP) is 3.07. The van der Waals surface area contributed by atoms with Gasteiger partial charge in [0, 0.05) is 6.54 Å². The molecule has 0 aliphatic heterocycles. The minimum Gasteiger partial charge on any atom is -0.481 e. The van der Waals surface area contributed by atoms with Crippen molar-refractivity contribution >= 4 is 11.9 Å². The highest BCUT2D eigenvalue weighted by molar-refractivity contribution is 5.85. The minimum atomic E-state index is -0.819. The summed E-state index contributed by atoms with van der Waals surface area (Å²) in [5.41, 5.74) is 0. The van der Waals surface area contributed by atoms with E-state index in [0.29, 0.717) is 25.3 Å². The molecule has 0 aromatic rings. The lowest BCUT2D eigenvalue weighted by molar-refractivity contribution is -0.146. The first-order valence-electron chi connectivity index (χ1n) is 8.48. The van der Waals surface area contributed by atoms with Gasteiger partial charge >= 0.3 is 5.97 Å². The van der Waals surface area contributed by atoms with E-state index in [0.717, 1.165) is 18.3 Å². The normalized spacial score (nSPS) is 36.4. The zero-order valence-corrected chi connectivity index (χ0v) is 13.3. The molecule has 2 N–H and O–H groups in total. The fourth-order valence-electron chi connectivity index (χ4n) is 4.00. The Labute approximate surface area is 127 Å². The van der Waals surface area contributed by atoms with Crippen molar-refractivity contribution < 1.29 is 14.7 Å². The molecule has 2 saturated carbocycles. The second-order valence-electron chi connectivity index (χ2n) is 7.33. The number of rotatable bonds is 5. The lowest BCUT2D eigenvalue weighted by Gasteiger charge is -2.26. The first kappa shape index (κ1) is 16.3. The first-order chi connectivity index (χ1) is 9.97. The van der Waals surface area contributed by atoms with E-state index in [2.05, 4.69) is 12.2 Å². The zero-order chi connectivity index (χ0) is 15.4. The Morgan fingerprint density at radius 1 is 1.00 bits per heavy atom. The summed E-state index contributed by atoms with van der Waals surface area (Å²) >= 11 is 0. The molecular weight excluding hydrogens is 266 g/mol. The number of carboxylic acids is 1. The summed E-state index contributed by atoms with van der Waals surface area (Å²) < 4.78 is 0. The summed E-state index contributed by atoms with van der Waals surface area (Å²) in [6.45, 7) is 5.05. The Bertz CT molecular complexity index is 374. The van der Waals surface area contributed by atoms with Crippen molar-refractivity contribution in [1.29, 1.82) is 0 Å². The van der Waals surface area contributed by atoms with Crippen molar-refractivity contribution in [3.8, 4) is 0 Å². The molecule has 0 heterocycles. The molecule has 2 aliphatic rings. The summed E-state index contributed by atoms with van der Waals surface area (Å²) in [6.07, 6.45) is 7.54. The van der Waals surface area contributed by atoms with Crippen LogP contribution in [0.15, 0.2) is 0 Å². The molecule has 0 aromatic heterocycles. The highest BCUT2D eigenvalue weighted by atomic mass is 16.4. The van der Waals surface area contributed by atoms with E-state index in [9.17, 15) is 14.7 Å². The van der Waals surface area contributed by atoms with Crippen molar-refractivity contribution in [3.63, 3.8) is 0 Å². The van der Waals surface area contributed by atoms with Gasteiger partial charge in [-0.05, 0) is 37.0 Å². The molecule has 2 rings (SSSR count). The number of hydrogen-bond donors (Lipinski definition) is 2. The van der Waals surface area contributed by atoms with Crippen LogP contribution in [0.4, 0.5) is 0 Å². The van der Waals surface area contributed by atoms with Crippen molar-refractivity contribution in [2.45, 2.75) is 58.8 Å². The molecule has 0 saturated heterocycles. The molecule has 0 radical (unpaired) electrons. The van der Waals surface area contributed by atoms with Gasteiger partial charge < -0.3 is 10.4 Å². The summed E-state index contributed by atoms with van der Waals surface area (Å²) in [4.78, 5) is 23.5. The predicted molar refractivity (Wildman–Crippen MR) is 81.8 cm³/mol. The van der Waals surface area contributed by atoms with E-state index in [-0.39, 0.29) is 11.8 Å². The van der Waals surface area contributed by atoms with Crippen LogP contribution in [-0.2, 0) is 9.59 Å². The molecule has 4 nitrogen and oxygen atoms in total. The van der Waals surface area contributed by atoms with Crippen LogP contribution < -0.4 is 5.32 Å². The second-order valence-corrected chi connectivity index (χ2v) is 7.33. The lowest BCUT2D eigenvalue weighted by atomic mass is 9.81. The van der Waals surface area contributed by atoms with Gasteiger partial charge in [0.1, 0.15) is 0 Å². The van der Waals surface area contributed by atoms with Crippen LogP contribution in [0.2, 0.25) is 0 Å². The van der Waals surface area contributed by atoms with Gasteiger partial charge in [0.05, 0.1) is 11.8 Å². The summed E-state index contributed by atoms with van der Waals surface area (Å²) in [5.74, 6) is 0.240. The van der Waals surface area contributed by atoms with E-state index < -0.39 is 11.9 Å². The molecule has 0 spiro atoms. The van der Waals surface area contributed by atoms with E-state index in [1.165, 1.54) is 25.7 Å². The maximum absolute atomic E-state index is 12.2. The summed E-state index contributed by atoms with van der Waals surface area (Å²) in [5, 5.41) is 12.2. The number of aliphatic carboxylic acids is 1. The van der Waals surface area contributed by atoms with Crippen molar-refractivity contribution in [2.75, 3.05) is 6.54 Å². The quantitative estimate of drug-likeness (QED) is 0.819. The standard InChI is InChI=1S/C17H29NO3/c1-11-3-5-13(6-4-11)7-8-18-16(19)14-9-12(2)10-15(14)17(20)21/h11-15H,3-10H2,1-2H3,(H,18,19)(H,20,21)/t11?,12?,13?,14-,15+/m0/s1. The van der Waals surface area contributed by atoms with E-state index in [1.807, 2.05) is 6.92 Å². The summed E-state index contributed by atoms with van der Waals surface area (Å²) in [7, 11) is 0. The van der Waals surface area contributed by atoms with Crippen LogP contribution in [0.3, 0.4) is 0 Å². The second kappa shape index (κ2) is 7.28. The monoisotopic (exact) mass is 295 g/mol. The van der Waals surface area contributed by atoms with Crippen molar-refractivity contribution in [2.24, 2.45) is 29.6 Å². The minimum absolute atomic E-state index is 0.0454. The Balaban J connectivity index is 1.73. The van der Waals surface area contributed by atoms with Crippen LogP contribution >= 0.6 is 0 Å². The van der Waals surface area contributed by atoms with Gasteiger partial charge in [0.25, 0.3) is 0 Å². The Morgan fingerprint density at radius 2 is 1.62 bits per heavy atom. The molecule has 0 aromatic carbocycles. The van der Waals surface area contributed by atoms with Crippen LogP contribution in [0.25, 0.3) is 0 Å². The molecule has 0 bridgehead atoms. The lowest BCUT2D eigenvalue weighted by Crippen LogP contribution is -2.36.